The molecule has 0 radical (unpaired) electrons. The SMILES string of the molecule is CC(=O)NCC1CCN(Cc2cc(Oc3ccc(N4CCN(C5CC(OC(N)=O)C5)CC4)nc3)nc(-c3cc(Cl)cc(Cl)c3)c2)CC1. The summed E-state index contributed by atoms with van der Waals surface area (Å²) in [4.78, 5) is 39.0. The lowest BCUT2D eigenvalue weighted by atomic mass is 9.87. The molecule has 2 aromatic heterocycles. The van der Waals surface area contributed by atoms with Crippen LogP contribution in [0.5, 0.6) is 11.6 Å². The molecular weight excluding hydrogens is 641 g/mol. The van der Waals surface area contributed by atoms with E-state index < -0.39 is 6.09 Å². The Hall–Kier alpha value is -3.64. The highest BCUT2D eigenvalue weighted by Gasteiger charge is 2.37. The molecular formula is C34H41Cl2N7O4. The van der Waals surface area contributed by atoms with Crippen LogP contribution in [-0.2, 0) is 16.1 Å². The minimum Gasteiger partial charge on any atom is -0.446 e. The number of ether oxygens (including phenoxy) is 2. The molecule has 3 fully saturated rings. The molecule has 1 aliphatic carbocycles. The van der Waals surface area contributed by atoms with Gasteiger partial charge in [0.15, 0.2) is 0 Å². The van der Waals surface area contributed by atoms with Crippen LogP contribution in [0, 0.1) is 5.92 Å². The number of primary amides is 1. The Morgan fingerprint density at radius 1 is 0.979 bits per heavy atom. The lowest BCUT2D eigenvalue weighted by Gasteiger charge is -2.45. The highest BCUT2D eigenvalue weighted by atomic mass is 35.5. The number of amides is 2. The average molecular weight is 683 g/mol. The Kier molecular flexibility index (Phi) is 10.7. The predicted octanol–water partition coefficient (Wildman–Crippen LogP) is 5.34. The summed E-state index contributed by atoms with van der Waals surface area (Å²) >= 11 is 12.7. The van der Waals surface area contributed by atoms with E-state index in [2.05, 4.69) is 26.1 Å². The van der Waals surface area contributed by atoms with E-state index in [1.165, 1.54) is 0 Å². The van der Waals surface area contributed by atoms with E-state index in [1.54, 1.807) is 19.2 Å². The number of nitrogens with zero attached hydrogens (tertiary/aromatic N) is 5. The number of hydrogen-bond donors (Lipinski definition) is 2. The van der Waals surface area contributed by atoms with Crippen molar-refractivity contribution >= 4 is 41.0 Å². The Morgan fingerprint density at radius 3 is 2.34 bits per heavy atom. The van der Waals surface area contributed by atoms with Gasteiger partial charge in [0.05, 0.1) is 11.9 Å². The highest BCUT2D eigenvalue weighted by molar-refractivity contribution is 6.35. The van der Waals surface area contributed by atoms with Crippen LogP contribution < -0.4 is 20.7 Å². The van der Waals surface area contributed by atoms with Gasteiger partial charge in [0.25, 0.3) is 0 Å². The summed E-state index contributed by atoms with van der Waals surface area (Å²) in [6.07, 6.45) is 4.73. The molecule has 3 aromatic rings. The molecule has 0 spiro atoms. The smallest absolute Gasteiger partial charge is 0.404 e. The zero-order chi connectivity index (χ0) is 32.9. The van der Waals surface area contributed by atoms with E-state index in [-0.39, 0.29) is 12.0 Å². The first-order valence-corrected chi connectivity index (χ1v) is 17.0. The maximum atomic E-state index is 11.3. The Bertz CT molecular complexity index is 1530. The van der Waals surface area contributed by atoms with Gasteiger partial charge in [-0.1, -0.05) is 23.2 Å². The number of aromatic nitrogens is 2. The van der Waals surface area contributed by atoms with Crippen molar-refractivity contribution in [2.75, 3.05) is 50.7 Å². The summed E-state index contributed by atoms with van der Waals surface area (Å²) < 4.78 is 11.4. The maximum Gasteiger partial charge on any atom is 0.404 e. The number of halogens is 2. The summed E-state index contributed by atoms with van der Waals surface area (Å²) in [7, 11) is 0. The number of piperidine rings is 1. The maximum absolute atomic E-state index is 11.3. The quantitative estimate of drug-likeness (QED) is 0.292. The van der Waals surface area contributed by atoms with Crippen LogP contribution >= 0.6 is 23.2 Å². The number of nitrogens with two attached hydrogens (primary N) is 1. The zero-order valence-electron chi connectivity index (χ0n) is 26.5. The number of pyridine rings is 2. The Balaban J connectivity index is 1.10. The predicted molar refractivity (Wildman–Crippen MR) is 182 cm³/mol. The molecule has 1 aromatic carbocycles. The lowest BCUT2D eigenvalue weighted by Crippen LogP contribution is -2.56. The van der Waals surface area contributed by atoms with Crippen molar-refractivity contribution in [3.8, 4) is 22.9 Å². The van der Waals surface area contributed by atoms with E-state index in [4.69, 9.17) is 48.4 Å². The van der Waals surface area contributed by atoms with E-state index in [0.29, 0.717) is 33.6 Å². The van der Waals surface area contributed by atoms with Crippen LogP contribution in [0.4, 0.5) is 10.6 Å². The second-order valence-electron chi connectivity index (χ2n) is 12.7. The van der Waals surface area contributed by atoms with E-state index in [1.807, 2.05) is 30.3 Å². The number of piperazine rings is 1. The molecule has 4 heterocycles. The van der Waals surface area contributed by atoms with Gasteiger partial charge in [-0.05, 0) is 73.8 Å². The fourth-order valence-electron chi connectivity index (χ4n) is 6.60. The molecule has 1 saturated carbocycles. The molecule has 250 valence electrons. The summed E-state index contributed by atoms with van der Waals surface area (Å²) in [5.41, 5.74) is 7.75. The minimum absolute atomic E-state index is 0.0203. The largest absolute Gasteiger partial charge is 0.446 e. The van der Waals surface area contributed by atoms with Crippen LogP contribution in [-0.4, -0.2) is 89.7 Å². The van der Waals surface area contributed by atoms with Gasteiger partial charge in [0.2, 0.25) is 11.8 Å². The molecule has 3 N–H and O–H groups in total. The molecule has 6 rings (SSSR count). The summed E-state index contributed by atoms with van der Waals surface area (Å²) in [6, 6.07) is 13.8. The Morgan fingerprint density at radius 2 is 1.70 bits per heavy atom. The molecule has 0 unspecified atom stereocenters. The van der Waals surface area contributed by atoms with Gasteiger partial charge < -0.3 is 25.4 Å². The number of rotatable bonds is 10. The second kappa shape index (κ2) is 15.1. The van der Waals surface area contributed by atoms with Crippen molar-refractivity contribution in [1.82, 2.24) is 25.1 Å². The summed E-state index contributed by atoms with van der Waals surface area (Å²) in [5.74, 6) is 2.48. The van der Waals surface area contributed by atoms with Gasteiger partial charge >= 0.3 is 6.09 Å². The van der Waals surface area contributed by atoms with Crippen LogP contribution in [0.3, 0.4) is 0 Å². The zero-order valence-corrected chi connectivity index (χ0v) is 28.1. The number of anilines is 1. The molecule has 2 aliphatic heterocycles. The van der Waals surface area contributed by atoms with Crippen LogP contribution in [0.2, 0.25) is 10.0 Å². The average Bonchev–Trinajstić information content (AvgIpc) is 3.02. The van der Waals surface area contributed by atoms with Crippen molar-refractivity contribution in [2.24, 2.45) is 11.7 Å². The van der Waals surface area contributed by atoms with Gasteiger partial charge in [-0.15, -0.1) is 0 Å². The fourth-order valence-corrected chi connectivity index (χ4v) is 7.13. The molecule has 13 heteroatoms. The first-order valence-electron chi connectivity index (χ1n) is 16.2. The van der Waals surface area contributed by atoms with Gasteiger partial charge in [-0.3, -0.25) is 14.6 Å². The molecule has 11 nitrogen and oxygen atoms in total. The van der Waals surface area contributed by atoms with Crippen LogP contribution in [0.25, 0.3) is 11.3 Å². The van der Waals surface area contributed by atoms with Crippen LogP contribution in [0.1, 0.15) is 38.2 Å². The number of hydrogen-bond acceptors (Lipinski definition) is 9. The van der Waals surface area contributed by atoms with Gasteiger partial charge in [-0.25, -0.2) is 14.8 Å². The van der Waals surface area contributed by atoms with Crippen molar-refractivity contribution in [3.63, 3.8) is 0 Å². The van der Waals surface area contributed by atoms with Crippen LogP contribution in [0.15, 0.2) is 48.7 Å². The number of likely N-dealkylation sites (tertiary alicyclic amines) is 1. The topological polar surface area (TPSA) is 126 Å². The first kappa shape index (κ1) is 33.3. The third-order valence-electron chi connectivity index (χ3n) is 9.22. The summed E-state index contributed by atoms with van der Waals surface area (Å²) in [5, 5.41) is 4.03. The molecule has 0 atom stereocenters. The van der Waals surface area contributed by atoms with Gasteiger partial charge in [0, 0.05) is 86.8 Å². The van der Waals surface area contributed by atoms with Crippen molar-refractivity contribution in [3.05, 3.63) is 64.3 Å². The molecule has 47 heavy (non-hydrogen) atoms. The standard InChI is InChI=1S/C34H41Cl2N7O4/c1-22(44)38-19-23-4-6-41(7-5-23)21-24-12-31(25-14-26(35)16-27(36)15-25)40-33(13-24)46-29-2-3-32(39-20-29)43-10-8-42(9-11-43)28-17-30(18-28)47-34(37)45/h2-3,12-16,20,23,28,30H,4-11,17-19,21H2,1H3,(H2,37,45)(H,38,44). The van der Waals surface area contributed by atoms with Gasteiger partial charge in [0.1, 0.15) is 17.7 Å². The van der Waals surface area contributed by atoms with Gasteiger partial charge in [-0.2, -0.15) is 0 Å². The molecule has 2 amide bonds. The van der Waals surface area contributed by atoms with Crippen molar-refractivity contribution in [1.29, 1.82) is 0 Å². The molecule has 2 saturated heterocycles. The lowest BCUT2D eigenvalue weighted by molar-refractivity contribution is -0.119. The third-order valence-corrected chi connectivity index (χ3v) is 9.66. The normalized spacial score (nSPS) is 20.8. The highest BCUT2D eigenvalue weighted by Crippen LogP contribution is 2.32. The second-order valence-corrected chi connectivity index (χ2v) is 13.5. The first-order chi connectivity index (χ1) is 22.7. The summed E-state index contributed by atoms with van der Waals surface area (Å²) in [6.45, 7) is 8.52. The van der Waals surface area contributed by atoms with E-state index in [0.717, 1.165) is 101 Å². The number of nitrogens with one attached hydrogen (secondary N) is 1. The number of carbonyl (C=O) groups is 2. The van der Waals surface area contributed by atoms with E-state index >= 15 is 0 Å². The Labute approximate surface area is 285 Å². The van der Waals surface area contributed by atoms with Crippen molar-refractivity contribution in [2.45, 2.75) is 51.3 Å². The fraction of sp³-hybridized carbons (Fsp3) is 0.471. The van der Waals surface area contributed by atoms with Crippen molar-refractivity contribution < 1.29 is 19.1 Å². The minimum atomic E-state index is -0.695. The number of benzene rings is 1. The number of carbonyl (C=O) groups excluding carboxylic acids is 2. The molecule has 0 bridgehead atoms. The third kappa shape index (κ3) is 9.04. The monoisotopic (exact) mass is 681 g/mol. The van der Waals surface area contributed by atoms with E-state index in [9.17, 15) is 9.59 Å². The molecule has 3 aliphatic rings.